The third-order valence-electron chi connectivity index (χ3n) is 5.97. The predicted molar refractivity (Wildman–Crippen MR) is 142 cm³/mol. The molecule has 0 atom stereocenters. The van der Waals surface area contributed by atoms with Crippen LogP contribution in [0.15, 0.2) is 0 Å². The van der Waals surface area contributed by atoms with Crippen molar-refractivity contribution in [3.8, 4) is 0 Å². The van der Waals surface area contributed by atoms with Crippen LogP contribution in [-0.4, -0.2) is 105 Å². The summed E-state index contributed by atoms with van der Waals surface area (Å²) in [5.74, 6) is -2.11. The average molecular weight is 577 g/mol. The lowest BCUT2D eigenvalue weighted by molar-refractivity contribution is -0.166. The number of carbonyl (C=O) groups is 5. The summed E-state index contributed by atoms with van der Waals surface area (Å²) in [5, 5.41) is 44.5. The third kappa shape index (κ3) is 21.0. The molecule has 0 saturated heterocycles. The van der Waals surface area contributed by atoms with Crippen LogP contribution in [0.3, 0.4) is 0 Å². The monoisotopic (exact) mass is 576 g/mol. The molecule has 0 aromatic heterocycles. The molecule has 0 aromatic rings. The van der Waals surface area contributed by atoms with Crippen molar-refractivity contribution in [3.05, 3.63) is 0 Å². The van der Waals surface area contributed by atoms with Crippen LogP contribution in [0, 0.1) is 0 Å². The van der Waals surface area contributed by atoms with Gasteiger partial charge in [-0.25, -0.2) is 20.7 Å². The molecule has 40 heavy (non-hydrogen) atoms. The van der Waals surface area contributed by atoms with Gasteiger partial charge in [-0.2, -0.15) is 0 Å². The Balaban J connectivity index is 3.75. The minimum absolute atomic E-state index is 0.0413. The fourth-order valence-electron chi connectivity index (χ4n) is 3.51. The number of hydrogen-bond donors (Lipinski definition) is 7. The molecule has 0 fully saturated rings. The van der Waals surface area contributed by atoms with Gasteiger partial charge in [-0.3, -0.25) is 39.6 Å². The second-order valence-corrected chi connectivity index (χ2v) is 9.47. The maximum Gasteiger partial charge on any atom is 0.246 e. The Hall–Kier alpha value is -2.85. The molecule has 0 bridgehead atoms. The zero-order chi connectivity index (χ0) is 30.2. The highest BCUT2D eigenvalue weighted by molar-refractivity contribution is 5.83. The second kappa shape index (κ2) is 24.0. The van der Waals surface area contributed by atoms with E-state index < -0.39 is 17.7 Å². The summed E-state index contributed by atoms with van der Waals surface area (Å²) in [4.78, 5) is 58.4. The second-order valence-electron chi connectivity index (χ2n) is 9.47. The smallest absolute Gasteiger partial charge is 0.246 e. The standard InChI is InChI=1S/C25H48N6O9/c1-21(32)29(38)18-8-2-5-15-26-22(33)11-13-24(35)30(39)19-9-3-6-16-27-23(34)12-14-25(36)31(40)20-10-4-7-17-28-37/h28,37-40H,2-20H2,1H3,(H,26,33)(H,27,34). The first-order chi connectivity index (χ1) is 19.1. The van der Waals surface area contributed by atoms with Gasteiger partial charge < -0.3 is 15.8 Å². The summed E-state index contributed by atoms with van der Waals surface area (Å²) in [5.41, 5.74) is 2.03. The lowest BCUT2D eigenvalue weighted by Crippen LogP contribution is -2.31. The van der Waals surface area contributed by atoms with Crippen LogP contribution < -0.4 is 16.1 Å². The lowest BCUT2D eigenvalue weighted by Gasteiger charge is -2.15. The SMILES string of the molecule is CC(=O)N(O)CCCCCNC(=O)CCC(=O)N(O)CCCCCNC(=O)CCC(=O)N(O)CCCCCNO. The fraction of sp³-hybridized carbons (Fsp3) is 0.800. The lowest BCUT2D eigenvalue weighted by atomic mass is 10.2. The van der Waals surface area contributed by atoms with Crippen molar-refractivity contribution >= 4 is 29.5 Å². The first-order valence-electron chi connectivity index (χ1n) is 13.9. The third-order valence-corrected chi connectivity index (χ3v) is 5.97. The predicted octanol–water partition coefficient (Wildman–Crippen LogP) is 0.942. The van der Waals surface area contributed by atoms with E-state index in [0.29, 0.717) is 86.2 Å². The molecule has 0 aliphatic rings. The Bertz CT molecular complexity index is 756. The molecule has 0 rings (SSSR count). The molecule has 0 radical (unpaired) electrons. The number of nitrogens with one attached hydrogen (secondary N) is 3. The van der Waals surface area contributed by atoms with Gasteiger partial charge in [-0.1, -0.05) is 6.42 Å². The quantitative estimate of drug-likeness (QED) is 0.0491. The van der Waals surface area contributed by atoms with E-state index in [1.807, 2.05) is 5.48 Å². The van der Waals surface area contributed by atoms with Crippen LogP contribution in [0.25, 0.3) is 0 Å². The van der Waals surface area contributed by atoms with E-state index in [9.17, 15) is 39.6 Å². The fourth-order valence-corrected chi connectivity index (χ4v) is 3.51. The zero-order valence-electron chi connectivity index (χ0n) is 23.6. The average Bonchev–Trinajstić information content (AvgIpc) is 2.93. The molecular weight excluding hydrogens is 528 g/mol. The van der Waals surface area contributed by atoms with Crippen molar-refractivity contribution in [1.82, 2.24) is 31.3 Å². The molecule has 232 valence electrons. The van der Waals surface area contributed by atoms with E-state index in [4.69, 9.17) is 5.21 Å². The molecule has 15 heteroatoms. The number of hydroxylamine groups is 7. The highest BCUT2D eigenvalue weighted by Gasteiger charge is 2.14. The highest BCUT2D eigenvalue weighted by atomic mass is 16.5. The molecule has 0 saturated carbocycles. The minimum Gasteiger partial charge on any atom is -0.356 e. The van der Waals surface area contributed by atoms with Crippen molar-refractivity contribution in [2.75, 3.05) is 39.3 Å². The number of hydrogen-bond acceptors (Lipinski definition) is 10. The summed E-state index contributed by atoms with van der Waals surface area (Å²) >= 11 is 0. The van der Waals surface area contributed by atoms with Crippen molar-refractivity contribution in [2.24, 2.45) is 0 Å². The van der Waals surface area contributed by atoms with Gasteiger partial charge in [0, 0.05) is 71.9 Å². The van der Waals surface area contributed by atoms with E-state index >= 15 is 0 Å². The summed E-state index contributed by atoms with van der Waals surface area (Å²) < 4.78 is 0. The number of carbonyl (C=O) groups excluding carboxylic acids is 5. The van der Waals surface area contributed by atoms with Crippen LogP contribution in [0.2, 0.25) is 0 Å². The number of unbranched alkanes of at least 4 members (excludes halogenated alkanes) is 6. The molecule has 0 spiro atoms. The van der Waals surface area contributed by atoms with E-state index in [2.05, 4.69) is 10.6 Å². The van der Waals surface area contributed by atoms with Crippen LogP contribution in [0.5, 0.6) is 0 Å². The van der Waals surface area contributed by atoms with Gasteiger partial charge in [0.05, 0.1) is 0 Å². The maximum atomic E-state index is 12.0. The van der Waals surface area contributed by atoms with Crippen LogP contribution >= 0.6 is 0 Å². The van der Waals surface area contributed by atoms with Crippen LogP contribution in [-0.2, 0) is 24.0 Å². The summed E-state index contributed by atoms with van der Waals surface area (Å²) in [7, 11) is 0. The normalized spacial score (nSPS) is 10.6. The van der Waals surface area contributed by atoms with Gasteiger partial charge in [0.25, 0.3) is 0 Å². The summed E-state index contributed by atoms with van der Waals surface area (Å²) in [6.07, 6.45) is 5.46. The molecule has 5 amide bonds. The molecule has 7 N–H and O–H groups in total. The Morgan fingerprint density at radius 1 is 0.525 bits per heavy atom. The van der Waals surface area contributed by atoms with E-state index in [1.54, 1.807) is 0 Å². The summed E-state index contributed by atoms with van der Waals surface area (Å²) in [6, 6.07) is 0. The molecule has 0 aromatic carbocycles. The molecular formula is C25H48N6O9. The topological polar surface area (TPSA) is 212 Å². The zero-order valence-corrected chi connectivity index (χ0v) is 23.6. The minimum atomic E-state index is -0.555. The van der Waals surface area contributed by atoms with E-state index in [0.717, 1.165) is 6.42 Å². The van der Waals surface area contributed by atoms with Gasteiger partial charge in [0.2, 0.25) is 29.5 Å². The van der Waals surface area contributed by atoms with Crippen molar-refractivity contribution in [1.29, 1.82) is 0 Å². The van der Waals surface area contributed by atoms with Crippen molar-refractivity contribution in [3.63, 3.8) is 0 Å². The van der Waals surface area contributed by atoms with Crippen LogP contribution in [0.1, 0.15) is 90.4 Å². The first kappa shape index (κ1) is 37.1. The Kier molecular flexibility index (Phi) is 22.3. The van der Waals surface area contributed by atoms with E-state index in [-0.39, 0.29) is 57.1 Å². The molecule has 0 aliphatic heterocycles. The number of amides is 5. The van der Waals surface area contributed by atoms with E-state index in [1.165, 1.54) is 6.92 Å². The maximum absolute atomic E-state index is 12.0. The Morgan fingerprint density at radius 3 is 1.27 bits per heavy atom. The van der Waals surface area contributed by atoms with Gasteiger partial charge in [0.1, 0.15) is 0 Å². The Morgan fingerprint density at radius 2 is 0.900 bits per heavy atom. The first-order valence-corrected chi connectivity index (χ1v) is 13.9. The molecule has 0 heterocycles. The van der Waals surface area contributed by atoms with Gasteiger partial charge in [0.15, 0.2) is 0 Å². The highest BCUT2D eigenvalue weighted by Crippen LogP contribution is 2.03. The van der Waals surface area contributed by atoms with Crippen LogP contribution in [0.4, 0.5) is 0 Å². The molecule has 0 aliphatic carbocycles. The number of rotatable bonds is 24. The molecule has 0 unspecified atom stereocenters. The van der Waals surface area contributed by atoms with Crippen molar-refractivity contribution < 1.29 is 44.8 Å². The van der Waals surface area contributed by atoms with Gasteiger partial charge in [-0.05, 0) is 51.4 Å². The molecule has 15 nitrogen and oxygen atoms in total. The number of nitrogens with zero attached hydrogens (tertiary/aromatic N) is 3. The van der Waals surface area contributed by atoms with Crippen molar-refractivity contribution in [2.45, 2.75) is 90.4 Å². The largest absolute Gasteiger partial charge is 0.356 e. The Labute approximate surface area is 235 Å². The van der Waals surface area contributed by atoms with Gasteiger partial charge in [-0.15, -0.1) is 0 Å². The summed E-state index contributed by atoms with van der Waals surface area (Å²) in [6.45, 7) is 3.01. The van der Waals surface area contributed by atoms with Gasteiger partial charge >= 0.3 is 0 Å².